The van der Waals surface area contributed by atoms with Gasteiger partial charge >= 0.3 is 0 Å². The van der Waals surface area contributed by atoms with Gasteiger partial charge in [-0.1, -0.05) is 30.4 Å². The molecule has 0 aromatic heterocycles. The zero-order valence-electron chi connectivity index (χ0n) is 11.9. The lowest BCUT2D eigenvalue weighted by Crippen LogP contribution is -2.22. The molecule has 108 valence electrons. The zero-order chi connectivity index (χ0) is 15.4. The van der Waals surface area contributed by atoms with Gasteiger partial charge in [0.1, 0.15) is 11.5 Å². The first-order chi connectivity index (χ1) is 9.97. The highest BCUT2D eigenvalue weighted by molar-refractivity contribution is 5.98. The molecule has 2 aromatic carbocycles. The van der Waals surface area contributed by atoms with E-state index in [4.69, 9.17) is 0 Å². The molecule has 0 unspecified atom stereocenters. The molecule has 0 saturated heterocycles. The molecule has 2 rings (SSSR count). The maximum atomic E-state index is 12.1. The Morgan fingerprint density at radius 1 is 0.952 bits per heavy atom. The van der Waals surface area contributed by atoms with Gasteiger partial charge in [-0.25, -0.2) is 0 Å². The molecule has 0 saturated carbocycles. The molecule has 0 radical (unpaired) electrons. The Morgan fingerprint density at radius 2 is 1.57 bits per heavy atom. The summed E-state index contributed by atoms with van der Waals surface area (Å²) in [5, 5.41) is 18.8. The first-order valence-electron chi connectivity index (χ1n) is 6.49. The van der Waals surface area contributed by atoms with Crippen molar-refractivity contribution < 1.29 is 15.0 Å². The quantitative estimate of drug-likeness (QED) is 0.851. The van der Waals surface area contributed by atoms with E-state index in [0.29, 0.717) is 5.56 Å². The van der Waals surface area contributed by atoms with E-state index < -0.39 is 0 Å². The van der Waals surface area contributed by atoms with Crippen LogP contribution in [-0.4, -0.2) is 35.1 Å². The van der Waals surface area contributed by atoms with Crippen molar-refractivity contribution in [3.63, 3.8) is 0 Å². The van der Waals surface area contributed by atoms with Crippen LogP contribution < -0.4 is 0 Å². The van der Waals surface area contributed by atoms with Crippen molar-refractivity contribution in [2.24, 2.45) is 0 Å². The van der Waals surface area contributed by atoms with Crippen LogP contribution in [0.4, 0.5) is 0 Å². The Labute approximate surface area is 123 Å². The van der Waals surface area contributed by atoms with Gasteiger partial charge in [0.2, 0.25) is 0 Å². The van der Waals surface area contributed by atoms with E-state index in [1.54, 1.807) is 50.5 Å². The summed E-state index contributed by atoms with van der Waals surface area (Å²) in [5.74, 6) is 0.0958. The van der Waals surface area contributed by atoms with E-state index in [1.165, 1.54) is 11.0 Å². The number of phenolic OH excluding ortho intramolecular Hbond substituents is 2. The number of benzene rings is 2. The average molecular weight is 283 g/mol. The summed E-state index contributed by atoms with van der Waals surface area (Å²) in [4.78, 5) is 13.6. The molecule has 0 heterocycles. The molecular weight excluding hydrogens is 266 g/mol. The van der Waals surface area contributed by atoms with Crippen LogP contribution >= 0.6 is 0 Å². The van der Waals surface area contributed by atoms with E-state index in [2.05, 4.69) is 0 Å². The first-order valence-corrected chi connectivity index (χ1v) is 6.49. The highest BCUT2D eigenvalue weighted by Crippen LogP contribution is 2.20. The van der Waals surface area contributed by atoms with Crippen molar-refractivity contribution in [3.8, 4) is 11.5 Å². The third-order valence-corrected chi connectivity index (χ3v) is 3.02. The standard InChI is InChI=1S/C17H17NO3/c1-18(2)17(21)16-11-15(20)10-7-13(16)6-3-12-4-8-14(19)9-5-12/h3-11,19-20H,1-2H3/b6-3+. The molecule has 2 N–H and O–H groups in total. The third kappa shape index (κ3) is 3.63. The zero-order valence-corrected chi connectivity index (χ0v) is 11.9. The van der Waals surface area contributed by atoms with Gasteiger partial charge < -0.3 is 15.1 Å². The Hall–Kier alpha value is -2.75. The number of carbonyl (C=O) groups is 1. The number of amides is 1. The van der Waals surface area contributed by atoms with Crippen LogP contribution in [0.15, 0.2) is 42.5 Å². The second-order valence-corrected chi connectivity index (χ2v) is 4.90. The average Bonchev–Trinajstić information content (AvgIpc) is 2.46. The van der Waals surface area contributed by atoms with E-state index in [9.17, 15) is 15.0 Å². The predicted octanol–water partition coefficient (Wildman–Crippen LogP) is 2.97. The van der Waals surface area contributed by atoms with Crippen LogP contribution in [-0.2, 0) is 0 Å². The van der Waals surface area contributed by atoms with Gasteiger partial charge in [0, 0.05) is 14.1 Å². The van der Waals surface area contributed by atoms with Crippen LogP contribution in [0.3, 0.4) is 0 Å². The fraction of sp³-hybridized carbons (Fsp3) is 0.118. The van der Waals surface area contributed by atoms with Crippen LogP contribution in [0.2, 0.25) is 0 Å². The van der Waals surface area contributed by atoms with Crippen molar-refractivity contribution in [3.05, 3.63) is 59.2 Å². The van der Waals surface area contributed by atoms with Gasteiger partial charge in [0.15, 0.2) is 0 Å². The summed E-state index contributed by atoms with van der Waals surface area (Å²) >= 11 is 0. The van der Waals surface area contributed by atoms with E-state index in [0.717, 1.165) is 11.1 Å². The highest BCUT2D eigenvalue weighted by Gasteiger charge is 2.12. The van der Waals surface area contributed by atoms with Crippen molar-refractivity contribution in [1.29, 1.82) is 0 Å². The molecule has 0 atom stereocenters. The molecule has 4 heteroatoms. The number of carbonyl (C=O) groups excluding carboxylic acids is 1. The lowest BCUT2D eigenvalue weighted by molar-refractivity contribution is 0.0827. The molecule has 0 fully saturated rings. The lowest BCUT2D eigenvalue weighted by Gasteiger charge is -2.12. The number of phenols is 2. The molecule has 1 amide bonds. The molecule has 4 nitrogen and oxygen atoms in total. The van der Waals surface area contributed by atoms with Gasteiger partial charge in [-0.3, -0.25) is 4.79 Å². The highest BCUT2D eigenvalue weighted by atomic mass is 16.3. The third-order valence-electron chi connectivity index (χ3n) is 3.02. The summed E-state index contributed by atoms with van der Waals surface area (Å²) in [6, 6.07) is 11.5. The Morgan fingerprint density at radius 3 is 2.19 bits per heavy atom. The molecule has 0 spiro atoms. The number of nitrogens with zero attached hydrogens (tertiary/aromatic N) is 1. The molecule has 0 aliphatic rings. The minimum Gasteiger partial charge on any atom is -0.508 e. The molecule has 21 heavy (non-hydrogen) atoms. The van der Waals surface area contributed by atoms with Crippen LogP contribution in [0.25, 0.3) is 12.2 Å². The number of hydrogen-bond donors (Lipinski definition) is 2. The van der Waals surface area contributed by atoms with Gasteiger partial charge in [-0.15, -0.1) is 0 Å². The normalized spacial score (nSPS) is 10.8. The maximum absolute atomic E-state index is 12.1. The molecular formula is C17H17NO3. The van der Waals surface area contributed by atoms with Gasteiger partial charge in [-0.2, -0.15) is 0 Å². The monoisotopic (exact) mass is 283 g/mol. The number of rotatable bonds is 3. The SMILES string of the molecule is CN(C)C(=O)c1cc(O)ccc1/C=C/c1ccc(O)cc1. The molecule has 0 aliphatic carbocycles. The van der Waals surface area contributed by atoms with Gasteiger partial charge in [-0.05, 0) is 35.4 Å². The maximum Gasteiger partial charge on any atom is 0.254 e. The summed E-state index contributed by atoms with van der Waals surface area (Å²) in [5.41, 5.74) is 2.07. The van der Waals surface area contributed by atoms with Crippen molar-refractivity contribution in [1.82, 2.24) is 4.90 Å². The van der Waals surface area contributed by atoms with Gasteiger partial charge in [0.25, 0.3) is 5.91 Å². The first kappa shape index (κ1) is 14.7. The lowest BCUT2D eigenvalue weighted by atomic mass is 10.0. The van der Waals surface area contributed by atoms with Crippen molar-refractivity contribution >= 4 is 18.1 Å². The molecule has 0 aliphatic heterocycles. The fourth-order valence-corrected chi connectivity index (χ4v) is 1.89. The van der Waals surface area contributed by atoms with Crippen molar-refractivity contribution in [2.75, 3.05) is 14.1 Å². The second kappa shape index (κ2) is 6.13. The molecule has 0 bridgehead atoms. The summed E-state index contributed by atoms with van der Waals surface area (Å²) in [6.45, 7) is 0. The topological polar surface area (TPSA) is 60.8 Å². The Balaban J connectivity index is 2.35. The molecule has 2 aromatic rings. The number of aromatic hydroxyl groups is 2. The largest absolute Gasteiger partial charge is 0.508 e. The van der Waals surface area contributed by atoms with Crippen LogP contribution in [0, 0.1) is 0 Å². The smallest absolute Gasteiger partial charge is 0.254 e. The summed E-state index contributed by atoms with van der Waals surface area (Å²) < 4.78 is 0. The predicted molar refractivity (Wildman–Crippen MR) is 83.2 cm³/mol. The fourth-order valence-electron chi connectivity index (χ4n) is 1.89. The number of hydrogen-bond acceptors (Lipinski definition) is 3. The second-order valence-electron chi connectivity index (χ2n) is 4.90. The van der Waals surface area contributed by atoms with E-state index in [-0.39, 0.29) is 17.4 Å². The van der Waals surface area contributed by atoms with E-state index in [1.807, 2.05) is 12.2 Å². The van der Waals surface area contributed by atoms with Crippen LogP contribution in [0.5, 0.6) is 11.5 Å². The Bertz CT molecular complexity index is 673. The van der Waals surface area contributed by atoms with Gasteiger partial charge in [0.05, 0.1) is 5.56 Å². The summed E-state index contributed by atoms with van der Waals surface area (Å²) in [6.07, 6.45) is 3.65. The van der Waals surface area contributed by atoms with Crippen molar-refractivity contribution in [2.45, 2.75) is 0 Å². The van der Waals surface area contributed by atoms with E-state index >= 15 is 0 Å². The minimum atomic E-state index is -0.170. The minimum absolute atomic E-state index is 0.0574. The summed E-state index contributed by atoms with van der Waals surface area (Å²) in [7, 11) is 3.33. The Kier molecular flexibility index (Phi) is 4.28. The van der Waals surface area contributed by atoms with Crippen LogP contribution in [0.1, 0.15) is 21.5 Å².